The van der Waals surface area contributed by atoms with Crippen molar-refractivity contribution in [2.75, 3.05) is 0 Å². The molecule has 5 rings (SSSR count). The van der Waals surface area contributed by atoms with Crippen LogP contribution in [0.1, 0.15) is 35.8 Å². The Labute approximate surface area is 215 Å². The van der Waals surface area contributed by atoms with Crippen LogP contribution in [0.2, 0.25) is 0 Å². The van der Waals surface area contributed by atoms with Crippen LogP contribution in [-0.4, -0.2) is 60.9 Å². The van der Waals surface area contributed by atoms with Gasteiger partial charge in [-0.15, -0.1) is 11.8 Å². The number of H-pyrrole nitrogens is 1. The van der Waals surface area contributed by atoms with E-state index >= 15 is 0 Å². The van der Waals surface area contributed by atoms with Crippen molar-refractivity contribution in [1.82, 2.24) is 20.5 Å². The fourth-order valence-electron chi connectivity index (χ4n) is 4.87. The van der Waals surface area contributed by atoms with Crippen molar-refractivity contribution in [2.45, 2.75) is 42.1 Å². The summed E-state index contributed by atoms with van der Waals surface area (Å²) in [5, 5.41) is 14.7. The molecule has 2 aliphatic rings. The van der Waals surface area contributed by atoms with Crippen molar-refractivity contribution in [1.29, 1.82) is 0 Å². The molecule has 1 unspecified atom stereocenters. The molecule has 3 heterocycles. The number of carboxylic acid groups (broad SMARTS) is 1. The number of carboxylic acids is 1. The number of rotatable bonds is 6. The summed E-state index contributed by atoms with van der Waals surface area (Å²) in [6.45, 7) is 3.49. The zero-order chi connectivity index (χ0) is 26.5. The number of fused-ring (bicyclic) bond motifs is 2. The monoisotopic (exact) mass is 520 g/mol. The smallest absolute Gasteiger partial charge is 0.327 e. The number of nitrogens with one attached hydrogen (secondary N) is 3. The first-order valence-electron chi connectivity index (χ1n) is 11.6. The summed E-state index contributed by atoms with van der Waals surface area (Å²) in [6.07, 6.45) is 1.30. The number of nitrogens with zero attached hydrogens (tertiary/aromatic N) is 1. The summed E-state index contributed by atoms with van der Waals surface area (Å²) in [4.78, 5) is 68.3. The van der Waals surface area contributed by atoms with Crippen LogP contribution in [0.5, 0.6) is 0 Å². The number of para-hydroxylation sites is 1. The maximum atomic E-state index is 13.4. The average Bonchev–Trinajstić information content (AvgIpc) is 3.14. The Kier molecular flexibility index (Phi) is 6.03. The van der Waals surface area contributed by atoms with Crippen LogP contribution in [-0.2, 0) is 14.4 Å². The first kappa shape index (κ1) is 24.6. The number of pyridine rings is 1. The normalized spacial score (nSPS) is 22.6. The van der Waals surface area contributed by atoms with Crippen LogP contribution in [0.4, 0.5) is 0 Å². The predicted octanol–water partition coefficient (Wildman–Crippen LogP) is 1.63. The van der Waals surface area contributed by atoms with E-state index in [4.69, 9.17) is 0 Å². The van der Waals surface area contributed by atoms with Gasteiger partial charge in [0.2, 0.25) is 17.2 Å². The van der Waals surface area contributed by atoms with Gasteiger partial charge in [0, 0.05) is 21.8 Å². The molecule has 37 heavy (non-hydrogen) atoms. The molecular formula is C26H24N4O6S. The Morgan fingerprint density at radius 3 is 2.43 bits per heavy atom. The molecule has 0 saturated carbocycles. The molecule has 4 N–H and O–H groups in total. The van der Waals surface area contributed by atoms with Gasteiger partial charge < -0.3 is 25.6 Å². The van der Waals surface area contributed by atoms with Crippen molar-refractivity contribution < 1.29 is 24.3 Å². The number of hydrogen-bond donors (Lipinski definition) is 4. The third kappa shape index (κ3) is 4.14. The second kappa shape index (κ2) is 9.07. The highest BCUT2D eigenvalue weighted by atomic mass is 32.2. The zero-order valence-corrected chi connectivity index (χ0v) is 20.7. The lowest BCUT2D eigenvalue weighted by molar-refractivity contribution is -0.161. The van der Waals surface area contributed by atoms with E-state index in [2.05, 4.69) is 15.6 Å². The van der Waals surface area contributed by atoms with Crippen LogP contribution < -0.4 is 16.1 Å². The van der Waals surface area contributed by atoms with E-state index in [1.807, 2.05) is 0 Å². The SMILES string of the molecule is CC1(C)S[C@@H]2[C@H](NC(=O)C(NC(=O)c3c[nH]c4ccccc4c3=O)c3ccccc3)C(=O)N2[C@H]1C(=O)O. The molecule has 1 aromatic heterocycles. The van der Waals surface area contributed by atoms with Gasteiger partial charge in [0.25, 0.3) is 5.91 Å². The number of aromatic nitrogens is 1. The van der Waals surface area contributed by atoms with E-state index < -0.39 is 57.4 Å². The van der Waals surface area contributed by atoms with Crippen LogP contribution in [0.15, 0.2) is 65.6 Å². The number of benzene rings is 2. The molecule has 10 nitrogen and oxygen atoms in total. The highest BCUT2D eigenvalue weighted by Crippen LogP contribution is 2.50. The molecule has 0 aliphatic carbocycles. The molecule has 0 bridgehead atoms. The van der Waals surface area contributed by atoms with E-state index in [0.29, 0.717) is 16.5 Å². The topological polar surface area (TPSA) is 149 Å². The molecule has 0 spiro atoms. The van der Waals surface area contributed by atoms with E-state index in [-0.39, 0.29) is 5.56 Å². The van der Waals surface area contributed by atoms with Gasteiger partial charge in [0.1, 0.15) is 29.1 Å². The zero-order valence-electron chi connectivity index (χ0n) is 19.9. The van der Waals surface area contributed by atoms with E-state index in [1.54, 1.807) is 68.4 Å². The summed E-state index contributed by atoms with van der Waals surface area (Å²) in [6, 6.07) is 12.1. The standard InChI is InChI=1S/C26H24N4O6S/c1-26(2)20(25(35)36)30-23(34)18(24(30)37-26)29-22(33)17(13-8-4-3-5-9-13)28-21(32)15-12-27-16-11-7-6-10-14(16)19(15)31/h3-12,17-18,20,24H,1-2H3,(H,27,31)(H,28,32)(H,29,33)(H,35,36)/t17?,18-,20+,24-/m1/s1. The van der Waals surface area contributed by atoms with Gasteiger partial charge in [-0.1, -0.05) is 42.5 Å². The molecular weight excluding hydrogens is 496 g/mol. The van der Waals surface area contributed by atoms with Crippen LogP contribution in [0.3, 0.4) is 0 Å². The van der Waals surface area contributed by atoms with Crippen LogP contribution in [0, 0.1) is 0 Å². The maximum absolute atomic E-state index is 13.4. The lowest BCUT2D eigenvalue weighted by atomic mass is 9.95. The fourth-order valence-corrected chi connectivity index (χ4v) is 6.50. The van der Waals surface area contributed by atoms with Gasteiger partial charge in [0.15, 0.2) is 0 Å². The number of carbonyl (C=O) groups is 4. The highest BCUT2D eigenvalue weighted by molar-refractivity contribution is 8.01. The lowest BCUT2D eigenvalue weighted by Crippen LogP contribution is -2.71. The average molecular weight is 521 g/mol. The second-order valence-corrected chi connectivity index (χ2v) is 11.2. The van der Waals surface area contributed by atoms with Gasteiger partial charge in [-0.05, 0) is 31.5 Å². The molecule has 2 fully saturated rings. The Morgan fingerprint density at radius 2 is 1.73 bits per heavy atom. The Hall–Kier alpha value is -4.12. The van der Waals surface area contributed by atoms with Gasteiger partial charge in [-0.3, -0.25) is 19.2 Å². The molecule has 3 aromatic rings. The number of thioether (sulfide) groups is 1. The highest BCUT2D eigenvalue weighted by Gasteiger charge is 2.64. The van der Waals surface area contributed by atoms with Crippen LogP contribution in [0.25, 0.3) is 10.9 Å². The van der Waals surface area contributed by atoms with Gasteiger partial charge >= 0.3 is 5.97 Å². The Balaban J connectivity index is 1.40. The molecule has 0 radical (unpaired) electrons. The van der Waals surface area contributed by atoms with E-state index in [9.17, 15) is 29.1 Å². The quantitative estimate of drug-likeness (QED) is 0.361. The lowest BCUT2D eigenvalue weighted by Gasteiger charge is -2.44. The molecule has 2 saturated heterocycles. The van der Waals surface area contributed by atoms with Crippen molar-refractivity contribution in [3.8, 4) is 0 Å². The molecule has 3 amide bonds. The first-order valence-corrected chi connectivity index (χ1v) is 12.5. The molecule has 4 atom stereocenters. The molecule has 190 valence electrons. The van der Waals surface area contributed by atoms with Gasteiger partial charge in [-0.25, -0.2) is 4.79 Å². The van der Waals surface area contributed by atoms with Gasteiger partial charge in [-0.2, -0.15) is 0 Å². The summed E-state index contributed by atoms with van der Waals surface area (Å²) < 4.78 is -0.740. The third-order valence-electron chi connectivity index (χ3n) is 6.68. The fraction of sp³-hybridized carbons (Fsp3) is 0.269. The van der Waals surface area contributed by atoms with Crippen molar-refractivity contribution in [3.63, 3.8) is 0 Å². The maximum Gasteiger partial charge on any atom is 0.327 e. The number of amides is 3. The summed E-state index contributed by atoms with van der Waals surface area (Å²) in [5.74, 6) is -2.99. The molecule has 11 heteroatoms. The van der Waals surface area contributed by atoms with Crippen molar-refractivity contribution in [2.24, 2.45) is 0 Å². The number of aliphatic carboxylic acids is 1. The third-order valence-corrected chi connectivity index (χ3v) is 8.25. The number of β-lactam (4-membered cyclic amide) rings is 1. The van der Waals surface area contributed by atoms with Crippen molar-refractivity contribution >= 4 is 46.4 Å². The summed E-state index contributed by atoms with van der Waals surface area (Å²) in [7, 11) is 0. The predicted molar refractivity (Wildman–Crippen MR) is 137 cm³/mol. The minimum Gasteiger partial charge on any atom is -0.480 e. The Morgan fingerprint density at radius 1 is 1.05 bits per heavy atom. The van der Waals surface area contributed by atoms with E-state index in [1.165, 1.54) is 22.9 Å². The molecule has 2 aromatic carbocycles. The van der Waals surface area contributed by atoms with Crippen molar-refractivity contribution in [3.05, 3.63) is 82.1 Å². The number of hydrogen-bond acceptors (Lipinski definition) is 6. The first-order chi connectivity index (χ1) is 17.6. The van der Waals surface area contributed by atoms with Gasteiger partial charge in [0.05, 0.1) is 0 Å². The summed E-state index contributed by atoms with van der Waals surface area (Å²) >= 11 is 1.31. The minimum atomic E-state index is -1.20. The second-order valence-electron chi connectivity index (χ2n) is 9.48. The Bertz CT molecular complexity index is 1490. The number of aromatic amines is 1. The van der Waals surface area contributed by atoms with Crippen LogP contribution >= 0.6 is 11.8 Å². The van der Waals surface area contributed by atoms with E-state index in [0.717, 1.165) is 0 Å². The molecule has 2 aliphatic heterocycles. The largest absolute Gasteiger partial charge is 0.480 e. The minimum absolute atomic E-state index is 0.157. The summed E-state index contributed by atoms with van der Waals surface area (Å²) in [5.41, 5.74) is 0.395. The number of carbonyl (C=O) groups excluding carboxylic acids is 3.